The Morgan fingerprint density at radius 3 is 2.32 bits per heavy atom. The van der Waals surface area contributed by atoms with E-state index in [2.05, 4.69) is 9.97 Å². The van der Waals surface area contributed by atoms with Crippen LogP contribution in [-0.2, 0) is 0 Å². The minimum atomic E-state index is -1.17. The molecule has 0 unspecified atom stereocenters. The summed E-state index contributed by atoms with van der Waals surface area (Å²) < 4.78 is 10.3. The van der Waals surface area contributed by atoms with Crippen LogP contribution >= 0.6 is 0 Å². The van der Waals surface area contributed by atoms with E-state index in [-0.39, 0.29) is 5.82 Å². The van der Waals surface area contributed by atoms with Gasteiger partial charge in [0.05, 0.1) is 19.9 Å². The fourth-order valence-electron chi connectivity index (χ4n) is 1.58. The molecular formula is C13H12N2O4. The molecule has 0 aliphatic rings. The van der Waals surface area contributed by atoms with Crippen LogP contribution in [0.4, 0.5) is 0 Å². The molecule has 0 aliphatic heterocycles. The first-order valence-electron chi connectivity index (χ1n) is 5.44. The van der Waals surface area contributed by atoms with Crippen molar-refractivity contribution in [1.82, 2.24) is 9.97 Å². The second-order valence-electron chi connectivity index (χ2n) is 3.67. The van der Waals surface area contributed by atoms with Gasteiger partial charge in [-0.05, 0) is 18.2 Å². The van der Waals surface area contributed by atoms with Crippen LogP contribution in [0.25, 0.3) is 11.3 Å². The summed E-state index contributed by atoms with van der Waals surface area (Å²) in [7, 11) is 3.09. The zero-order valence-corrected chi connectivity index (χ0v) is 10.5. The van der Waals surface area contributed by atoms with Crippen molar-refractivity contribution in [2.75, 3.05) is 14.2 Å². The Morgan fingerprint density at radius 1 is 1.16 bits per heavy atom. The van der Waals surface area contributed by atoms with Gasteiger partial charge in [0, 0.05) is 17.8 Å². The third-order valence-electron chi connectivity index (χ3n) is 2.49. The Bertz CT molecular complexity index is 591. The quantitative estimate of drug-likeness (QED) is 0.903. The van der Waals surface area contributed by atoms with E-state index >= 15 is 0 Å². The number of carboxylic acids is 1. The molecule has 1 N–H and O–H groups in total. The summed E-state index contributed by atoms with van der Waals surface area (Å²) in [6, 6.07) is 6.84. The number of hydrogen-bond donors (Lipinski definition) is 1. The summed E-state index contributed by atoms with van der Waals surface area (Å²) in [6.45, 7) is 0. The third-order valence-corrected chi connectivity index (χ3v) is 2.49. The molecule has 0 aliphatic carbocycles. The van der Waals surface area contributed by atoms with Gasteiger partial charge in [-0.15, -0.1) is 0 Å². The summed E-state index contributed by atoms with van der Waals surface area (Å²) in [5.74, 6) is -0.217. The van der Waals surface area contributed by atoms with E-state index in [9.17, 15) is 4.79 Å². The smallest absolute Gasteiger partial charge is 0.373 e. The summed E-state index contributed by atoms with van der Waals surface area (Å²) in [4.78, 5) is 18.5. The van der Waals surface area contributed by atoms with Crippen molar-refractivity contribution in [3.63, 3.8) is 0 Å². The first-order valence-corrected chi connectivity index (χ1v) is 5.44. The van der Waals surface area contributed by atoms with Gasteiger partial charge in [0.2, 0.25) is 5.82 Å². The highest BCUT2D eigenvalue weighted by Crippen LogP contribution is 2.28. The fourth-order valence-corrected chi connectivity index (χ4v) is 1.58. The summed E-state index contributed by atoms with van der Waals surface area (Å²) in [5.41, 5.74) is 1.19. The number of carboxylic acid groups (broad SMARTS) is 1. The Kier molecular flexibility index (Phi) is 3.61. The average molecular weight is 260 g/mol. The monoisotopic (exact) mass is 260 g/mol. The zero-order chi connectivity index (χ0) is 13.8. The summed E-state index contributed by atoms with van der Waals surface area (Å²) >= 11 is 0. The molecule has 1 heterocycles. The second-order valence-corrected chi connectivity index (χ2v) is 3.67. The predicted molar refractivity (Wildman–Crippen MR) is 67.5 cm³/mol. The van der Waals surface area contributed by atoms with E-state index in [0.717, 1.165) is 0 Å². The predicted octanol–water partition coefficient (Wildman–Crippen LogP) is 1.86. The minimum Gasteiger partial charge on any atom is -0.497 e. The van der Waals surface area contributed by atoms with Gasteiger partial charge in [0.15, 0.2) is 0 Å². The van der Waals surface area contributed by atoms with E-state index in [1.807, 2.05) is 0 Å². The lowest BCUT2D eigenvalue weighted by Crippen LogP contribution is -2.04. The molecule has 0 amide bonds. The second kappa shape index (κ2) is 5.34. The Balaban J connectivity index is 2.51. The van der Waals surface area contributed by atoms with Crippen molar-refractivity contribution in [2.24, 2.45) is 0 Å². The maximum absolute atomic E-state index is 10.9. The molecule has 6 nitrogen and oxygen atoms in total. The molecule has 98 valence electrons. The molecule has 0 saturated heterocycles. The van der Waals surface area contributed by atoms with Crippen LogP contribution in [-0.4, -0.2) is 35.3 Å². The number of carbonyl (C=O) groups is 1. The molecule has 1 aromatic carbocycles. The molecule has 0 saturated carbocycles. The lowest BCUT2D eigenvalue weighted by molar-refractivity contribution is 0.0683. The standard InChI is InChI=1S/C13H12N2O4/c1-18-9-5-8(6-10(7-9)19-2)11-3-4-14-12(15-11)13(16)17/h3-7H,1-2H3,(H,16,17). The van der Waals surface area contributed by atoms with Gasteiger partial charge in [0.25, 0.3) is 0 Å². The van der Waals surface area contributed by atoms with Crippen molar-refractivity contribution >= 4 is 5.97 Å². The molecular weight excluding hydrogens is 248 g/mol. The van der Waals surface area contributed by atoms with Gasteiger partial charge in [-0.2, -0.15) is 0 Å². The number of aromatic nitrogens is 2. The molecule has 1 aromatic heterocycles. The van der Waals surface area contributed by atoms with Gasteiger partial charge in [-0.3, -0.25) is 0 Å². The van der Waals surface area contributed by atoms with Gasteiger partial charge >= 0.3 is 5.97 Å². The molecule has 0 fully saturated rings. The molecule has 2 rings (SSSR count). The van der Waals surface area contributed by atoms with E-state index in [0.29, 0.717) is 22.8 Å². The van der Waals surface area contributed by atoms with Crippen molar-refractivity contribution in [2.45, 2.75) is 0 Å². The normalized spacial score (nSPS) is 10.0. The van der Waals surface area contributed by atoms with Crippen LogP contribution in [0.3, 0.4) is 0 Å². The van der Waals surface area contributed by atoms with Gasteiger partial charge < -0.3 is 14.6 Å². The number of methoxy groups -OCH3 is 2. The van der Waals surface area contributed by atoms with Gasteiger partial charge in [0.1, 0.15) is 11.5 Å². The maximum Gasteiger partial charge on any atom is 0.373 e. The molecule has 6 heteroatoms. The van der Waals surface area contributed by atoms with Crippen molar-refractivity contribution in [3.8, 4) is 22.8 Å². The fraction of sp³-hybridized carbons (Fsp3) is 0.154. The van der Waals surface area contributed by atoms with Gasteiger partial charge in [-0.25, -0.2) is 14.8 Å². The number of aromatic carboxylic acids is 1. The summed E-state index contributed by atoms with van der Waals surface area (Å²) in [6.07, 6.45) is 1.40. The van der Waals surface area contributed by atoms with E-state index in [1.165, 1.54) is 6.20 Å². The number of hydrogen-bond acceptors (Lipinski definition) is 5. The third kappa shape index (κ3) is 2.79. The highest BCUT2D eigenvalue weighted by Gasteiger charge is 2.10. The SMILES string of the molecule is COc1cc(OC)cc(-c2ccnc(C(=O)O)n2)c1. The van der Waals surface area contributed by atoms with Crippen molar-refractivity contribution in [1.29, 1.82) is 0 Å². The summed E-state index contributed by atoms with van der Waals surface area (Å²) in [5, 5.41) is 8.88. The molecule has 0 spiro atoms. The Hall–Kier alpha value is -2.63. The molecule has 2 aromatic rings. The van der Waals surface area contributed by atoms with Crippen LogP contribution in [0.15, 0.2) is 30.5 Å². The van der Waals surface area contributed by atoms with E-state index in [4.69, 9.17) is 14.6 Å². The van der Waals surface area contributed by atoms with Gasteiger partial charge in [-0.1, -0.05) is 0 Å². The van der Waals surface area contributed by atoms with Crippen LogP contribution in [0.1, 0.15) is 10.6 Å². The maximum atomic E-state index is 10.9. The number of ether oxygens (including phenoxy) is 2. The van der Waals surface area contributed by atoms with E-state index < -0.39 is 5.97 Å². The molecule has 0 atom stereocenters. The highest BCUT2D eigenvalue weighted by molar-refractivity contribution is 5.83. The average Bonchev–Trinajstić information content (AvgIpc) is 2.46. The van der Waals surface area contributed by atoms with Crippen LogP contribution in [0.2, 0.25) is 0 Å². The first kappa shape index (κ1) is 12.8. The number of benzene rings is 1. The first-order chi connectivity index (χ1) is 9.13. The van der Waals surface area contributed by atoms with Crippen LogP contribution in [0.5, 0.6) is 11.5 Å². The van der Waals surface area contributed by atoms with Crippen molar-refractivity contribution < 1.29 is 19.4 Å². The Labute approximate surface area is 109 Å². The minimum absolute atomic E-state index is 0.251. The molecule has 0 radical (unpaired) electrons. The lowest BCUT2D eigenvalue weighted by Gasteiger charge is -2.08. The van der Waals surface area contributed by atoms with Crippen LogP contribution in [0, 0.1) is 0 Å². The number of nitrogens with zero attached hydrogens (tertiary/aromatic N) is 2. The Morgan fingerprint density at radius 2 is 1.79 bits per heavy atom. The molecule has 0 bridgehead atoms. The molecule has 19 heavy (non-hydrogen) atoms. The number of rotatable bonds is 4. The van der Waals surface area contributed by atoms with E-state index in [1.54, 1.807) is 38.5 Å². The highest BCUT2D eigenvalue weighted by atomic mass is 16.5. The largest absolute Gasteiger partial charge is 0.497 e. The van der Waals surface area contributed by atoms with Crippen molar-refractivity contribution in [3.05, 3.63) is 36.3 Å². The topological polar surface area (TPSA) is 81.5 Å². The lowest BCUT2D eigenvalue weighted by atomic mass is 10.1. The zero-order valence-electron chi connectivity index (χ0n) is 10.5. The van der Waals surface area contributed by atoms with Crippen LogP contribution < -0.4 is 9.47 Å².